The van der Waals surface area contributed by atoms with Crippen LogP contribution >= 0.6 is 38.5 Å². The first-order chi connectivity index (χ1) is 7.00. The van der Waals surface area contributed by atoms with Crippen LogP contribution in [0.3, 0.4) is 0 Å². The van der Waals surface area contributed by atoms with Crippen LogP contribution in [-0.4, -0.2) is 16.8 Å². The summed E-state index contributed by atoms with van der Waals surface area (Å²) in [6.45, 7) is 3.99. The molecule has 1 aromatic rings. The Morgan fingerprint density at radius 1 is 1.33 bits per heavy atom. The highest BCUT2D eigenvalue weighted by Gasteiger charge is 2.12. The molecule has 0 aromatic heterocycles. The van der Waals surface area contributed by atoms with Crippen molar-refractivity contribution < 1.29 is 4.79 Å². The second kappa shape index (κ2) is 5.84. The first kappa shape index (κ1) is 13.0. The molecule has 4 heteroatoms. The van der Waals surface area contributed by atoms with Crippen molar-refractivity contribution in [2.45, 2.75) is 24.7 Å². The van der Waals surface area contributed by atoms with E-state index in [9.17, 15) is 4.79 Å². The zero-order valence-corrected chi connectivity index (χ0v) is 12.4. The number of hydrogen-bond acceptors (Lipinski definition) is 1. The average Bonchev–Trinajstić information content (AvgIpc) is 2.18. The van der Waals surface area contributed by atoms with Gasteiger partial charge in [-0.05, 0) is 53.8 Å². The van der Waals surface area contributed by atoms with Crippen molar-refractivity contribution in [1.82, 2.24) is 5.32 Å². The number of carbonyl (C=O) groups excluding carboxylic acids is 1. The molecular weight excluding hydrogens is 369 g/mol. The van der Waals surface area contributed by atoms with Gasteiger partial charge in [-0.2, -0.15) is 0 Å². The standard InChI is InChI=1S/C11H13BrINO/c1-7(12)8(2)14-11(15)9-3-5-10(13)6-4-9/h3-8H,1-2H3,(H,14,15). The van der Waals surface area contributed by atoms with E-state index in [1.165, 1.54) is 0 Å². The lowest BCUT2D eigenvalue weighted by atomic mass is 10.2. The van der Waals surface area contributed by atoms with E-state index in [-0.39, 0.29) is 16.8 Å². The molecule has 0 radical (unpaired) electrons. The summed E-state index contributed by atoms with van der Waals surface area (Å²) in [6.07, 6.45) is 0. The predicted molar refractivity (Wildman–Crippen MR) is 74.5 cm³/mol. The summed E-state index contributed by atoms with van der Waals surface area (Å²) >= 11 is 5.65. The molecule has 0 aliphatic rings. The number of halogens is 2. The molecule has 2 unspecified atom stereocenters. The summed E-state index contributed by atoms with van der Waals surface area (Å²) in [7, 11) is 0. The van der Waals surface area contributed by atoms with Crippen molar-refractivity contribution >= 4 is 44.4 Å². The van der Waals surface area contributed by atoms with Crippen LogP contribution in [0.15, 0.2) is 24.3 Å². The molecule has 1 rings (SSSR count). The zero-order valence-electron chi connectivity index (χ0n) is 8.63. The Balaban J connectivity index is 2.65. The maximum absolute atomic E-state index is 11.7. The summed E-state index contributed by atoms with van der Waals surface area (Å²) in [5.41, 5.74) is 0.704. The number of rotatable bonds is 3. The van der Waals surface area contributed by atoms with Gasteiger partial charge in [0.05, 0.1) is 0 Å². The van der Waals surface area contributed by atoms with Crippen molar-refractivity contribution in [3.05, 3.63) is 33.4 Å². The molecule has 0 saturated heterocycles. The molecule has 1 amide bonds. The Morgan fingerprint density at radius 2 is 1.87 bits per heavy atom. The molecule has 0 bridgehead atoms. The third-order valence-corrected chi connectivity index (χ3v) is 3.67. The lowest BCUT2D eigenvalue weighted by molar-refractivity contribution is 0.0940. The van der Waals surface area contributed by atoms with Gasteiger partial charge >= 0.3 is 0 Å². The van der Waals surface area contributed by atoms with Crippen molar-refractivity contribution in [2.75, 3.05) is 0 Å². The summed E-state index contributed by atoms with van der Waals surface area (Å²) in [4.78, 5) is 12.0. The fourth-order valence-corrected chi connectivity index (χ4v) is 1.50. The Bertz CT molecular complexity index is 337. The normalized spacial score (nSPS) is 14.4. The molecule has 2 atom stereocenters. The first-order valence-electron chi connectivity index (χ1n) is 4.71. The number of carbonyl (C=O) groups is 1. The van der Waals surface area contributed by atoms with E-state index in [4.69, 9.17) is 0 Å². The Labute approximate surface area is 112 Å². The molecule has 0 heterocycles. The average molecular weight is 382 g/mol. The van der Waals surface area contributed by atoms with Gasteiger partial charge in [0.2, 0.25) is 0 Å². The summed E-state index contributed by atoms with van der Waals surface area (Å²) < 4.78 is 1.13. The number of nitrogens with one attached hydrogen (secondary N) is 1. The Kier molecular flexibility index (Phi) is 5.05. The van der Waals surface area contributed by atoms with E-state index >= 15 is 0 Å². The lowest BCUT2D eigenvalue weighted by Gasteiger charge is -2.16. The topological polar surface area (TPSA) is 29.1 Å². The lowest BCUT2D eigenvalue weighted by Crippen LogP contribution is -2.37. The van der Waals surface area contributed by atoms with Gasteiger partial charge in [0.25, 0.3) is 5.91 Å². The highest BCUT2D eigenvalue weighted by Crippen LogP contribution is 2.08. The molecule has 1 N–H and O–H groups in total. The predicted octanol–water partition coefficient (Wildman–Crippen LogP) is 3.19. The van der Waals surface area contributed by atoms with E-state index in [1.807, 2.05) is 38.1 Å². The smallest absolute Gasteiger partial charge is 0.251 e. The van der Waals surface area contributed by atoms with Crippen LogP contribution in [0.4, 0.5) is 0 Å². The third-order valence-electron chi connectivity index (χ3n) is 2.15. The minimum atomic E-state index is -0.0230. The van der Waals surface area contributed by atoms with Crippen LogP contribution in [0.2, 0.25) is 0 Å². The fourth-order valence-electron chi connectivity index (χ4n) is 1.01. The number of amides is 1. The number of hydrogen-bond donors (Lipinski definition) is 1. The Hall–Kier alpha value is -0.100. The SMILES string of the molecule is CC(Br)C(C)NC(=O)c1ccc(I)cc1. The van der Waals surface area contributed by atoms with Crippen molar-refractivity contribution in [3.63, 3.8) is 0 Å². The maximum Gasteiger partial charge on any atom is 0.251 e. The van der Waals surface area contributed by atoms with E-state index in [0.29, 0.717) is 5.56 Å². The summed E-state index contributed by atoms with van der Waals surface area (Å²) in [5, 5.41) is 2.93. The van der Waals surface area contributed by atoms with Gasteiger partial charge in [-0.3, -0.25) is 4.79 Å². The molecular formula is C11H13BrINO. The van der Waals surface area contributed by atoms with E-state index in [2.05, 4.69) is 43.8 Å². The molecule has 1 aromatic carbocycles. The van der Waals surface area contributed by atoms with Gasteiger partial charge in [-0.25, -0.2) is 0 Å². The monoisotopic (exact) mass is 381 g/mol. The van der Waals surface area contributed by atoms with Gasteiger partial charge in [-0.1, -0.05) is 22.9 Å². The molecule has 0 spiro atoms. The van der Waals surface area contributed by atoms with Crippen molar-refractivity contribution in [3.8, 4) is 0 Å². The number of alkyl halides is 1. The second-order valence-corrected chi connectivity index (χ2v) is 6.14. The molecule has 2 nitrogen and oxygen atoms in total. The largest absolute Gasteiger partial charge is 0.348 e. The highest BCUT2D eigenvalue weighted by atomic mass is 127. The molecule has 0 aliphatic carbocycles. The summed E-state index contributed by atoms with van der Waals surface area (Å²) in [5.74, 6) is -0.0230. The van der Waals surface area contributed by atoms with Crippen LogP contribution in [0.5, 0.6) is 0 Å². The van der Waals surface area contributed by atoms with Crippen molar-refractivity contribution in [2.24, 2.45) is 0 Å². The van der Waals surface area contributed by atoms with Crippen LogP contribution in [0, 0.1) is 3.57 Å². The van der Waals surface area contributed by atoms with Crippen LogP contribution in [0.1, 0.15) is 24.2 Å². The second-order valence-electron chi connectivity index (χ2n) is 3.45. The molecule has 15 heavy (non-hydrogen) atoms. The minimum Gasteiger partial charge on any atom is -0.348 e. The molecule has 0 fully saturated rings. The van der Waals surface area contributed by atoms with Crippen LogP contribution < -0.4 is 5.32 Å². The maximum atomic E-state index is 11.7. The molecule has 0 aliphatic heterocycles. The molecule has 0 saturated carbocycles. The van der Waals surface area contributed by atoms with Gasteiger partial charge < -0.3 is 5.32 Å². The third kappa shape index (κ3) is 4.10. The van der Waals surface area contributed by atoms with Gasteiger partial charge in [0.15, 0.2) is 0 Å². The van der Waals surface area contributed by atoms with E-state index in [1.54, 1.807) is 0 Å². The van der Waals surface area contributed by atoms with Crippen molar-refractivity contribution in [1.29, 1.82) is 0 Å². The molecule has 82 valence electrons. The van der Waals surface area contributed by atoms with E-state index < -0.39 is 0 Å². The van der Waals surface area contributed by atoms with E-state index in [0.717, 1.165) is 3.57 Å². The van der Waals surface area contributed by atoms with Gasteiger partial charge in [0, 0.05) is 20.0 Å². The van der Waals surface area contributed by atoms with Crippen LogP contribution in [-0.2, 0) is 0 Å². The minimum absolute atomic E-state index is 0.0230. The Morgan fingerprint density at radius 3 is 2.33 bits per heavy atom. The zero-order chi connectivity index (χ0) is 11.4. The van der Waals surface area contributed by atoms with Gasteiger partial charge in [0.1, 0.15) is 0 Å². The fraction of sp³-hybridized carbons (Fsp3) is 0.364. The van der Waals surface area contributed by atoms with Crippen LogP contribution in [0.25, 0.3) is 0 Å². The summed E-state index contributed by atoms with van der Waals surface area (Å²) in [6, 6.07) is 7.65. The van der Waals surface area contributed by atoms with Gasteiger partial charge in [-0.15, -0.1) is 0 Å². The highest BCUT2D eigenvalue weighted by molar-refractivity contribution is 14.1. The quantitative estimate of drug-likeness (QED) is 0.632. The first-order valence-corrected chi connectivity index (χ1v) is 6.70. The number of benzene rings is 1.